The molecule has 1 aromatic heterocycles. The van der Waals surface area contributed by atoms with Gasteiger partial charge in [-0.25, -0.2) is 8.78 Å². The second-order valence-electron chi connectivity index (χ2n) is 6.43. The predicted molar refractivity (Wildman–Crippen MR) is 100 cm³/mol. The zero-order valence-electron chi connectivity index (χ0n) is 14.7. The molecule has 1 atom stereocenters. The lowest BCUT2D eigenvalue weighted by molar-refractivity contribution is 0.0646. The molecule has 0 bridgehead atoms. The molecule has 0 amide bonds. The lowest BCUT2D eigenvalue weighted by Crippen LogP contribution is -2.09. The van der Waals surface area contributed by atoms with Crippen LogP contribution in [0.4, 0.5) is 8.78 Å². The first-order chi connectivity index (χ1) is 12.0. The minimum Gasteiger partial charge on any atom is -0.373 e. The molecule has 0 saturated heterocycles. The third-order valence-corrected chi connectivity index (χ3v) is 5.58. The van der Waals surface area contributed by atoms with Crippen LogP contribution < -0.4 is 0 Å². The van der Waals surface area contributed by atoms with Crippen molar-refractivity contribution < 1.29 is 13.5 Å². The normalized spacial score (nSPS) is 12.9. The van der Waals surface area contributed by atoms with E-state index < -0.39 is 11.6 Å². The molecule has 3 rings (SSSR count). The van der Waals surface area contributed by atoms with Gasteiger partial charge in [0, 0.05) is 22.6 Å². The Bertz CT molecular complexity index is 869. The summed E-state index contributed by atoms with van der Waals surface area (Å²) in [5, 5.41) is 1.26. The molecule has 0 N–H and O–H groups in total. The number of rotatable bonds is 6. The first-order valence-corrected chi connectivity index (χ1v) is 9.39. The lowest BCUT2D eigenvalue weighted by Gasteiger charge is -2.19. The van der Waals surface area contributed by atoms with Gasteiger partial charge in [-0.05, 0) is 47.6 Å². The van der Waals surface area contributed by atoms with Crippen LogP contribution in [0.2, 0.25) is 0 Å². The summed E-state index contributed by atoms with van der Waals surface area (Å²) >= 11 is 1.73. The second kappa shape index (κ2) is 7.63. The average molecular weight is 360 g/mol. The highest BCUT2D eigenvalue weighted by Crippen LogP contribution is 2.41. The van der Waals surface area contributed by atoms with Crippen LogP contribution in [0.5, 0.6) is 0 Å². The topological polar surface area (TPSA) is 9.23 Å². The zero-order chi connectivity index (χ0) is 18.0. The summed E-state index contributed by atoms with van der Waals surface area (Å²) in [5.74, 6) is -1.27. The maximum absolute atomic E-state index is 13.6. The second-order valence-corrected chi connectivity index (χ2v) is 7.51. The number of thiophene rings is 1. The van der Waals surface area contributed by atoms with Crippen LogP contribution in [0.1, 0.15) is 48.8 Å². The van der Waals surface area contributed by atoms with Crippen LogP contribution in [0.25, 0.3) is 10.1 Å². The number of ether oxygens (including phenoxy) is 1. The molecule has 1 unspecified atom stereocenters. The van der Waals surface area contributed by atoms with Crippen molar-refractivity contribution in [3.8, 4) is 0 Å². The van der Waals surface area contributed by atoms with Gasteiger partial charge in [0.1, 0.15) is 0 Å². The molecule has 0 saturated carbocycles. The Morgan fingerprint density at radius 1 is 1.04 bits per heavy atom. The Labute approximate surface area is 151 Å². The van der Waals surface area contributed by atoms with Crippen molar-refractivity contribution in [2.24, 2.45) is 0 Å². The van der Waals surface area contributed by atoms with Gasteiger partial charge in [-0.3, -0.25) is 0 Å². The highest BCUT2D eigenvalue weighted by Gasteiger charge is 2.23. The third kappa shape index (κ3) is 3.75. The van der Waals surface area contributed by atoms with Crippen molar-refractivity contribution in [1.29, 1.82) is 0 Å². The SMILES string of the molecule is CCOC(Cc1ccc(F)c(F)c1)c1sc2ccccc2c1C(C)C. The molecular weight excluding hydrogens is 338 g/mol. The molecule has 3 aromatic rings. The Kier molecular flexibility index (Phi) is 5.50. The van der Waals surface area contributed by atoms with Crippen LogP contribution in [0.3, 0.4) is 0 Å². The summed E-state index contributed by atoms with van der Waals surface area (Å²) in [6.45, 7) is 6.89. The van der Waals surface area contributed by atoms with Gasteiger partial charge in [-0.2, -0.15) is 0 Å². The van der Waals surface area contributed by atoms with E-state index in [0.717, 1.165) is 5.56 Å². The maximum atomic E-state index is 13.6. The highest BCUT2D eigenvalue weighted by atomic mass is 32.1. The molecule has 0 aliphatic rings. The van der Waals surface area contributed by atoms with E-state index in [2.05, 4.69) is 32.0 Å². The number of halogens is 2. The zero-order valence-corrected chi connectivity index (χ0v) is 15.5. The van der Waals surface area contributed by atoms with Gasteiger partial charge in [-0.1, -0.05) is 38.1 Å². The largest absolute Gasteiger partial charge is 0.373 e. The Morgan fingerprint density at radius 3 is 2.48 bits per heavy atom. The van der Waals surface area contributed by atoms with E-state index in [9.17, 15) is 8.78 Å². The van der Waals surface area contributed by atoms with Crippen LogP contribution in [-0.4, -0.2) is 6.61 Å². The summed E-state index contributed by atoms with van der Waals surface area (Å²) in [6, 6.07) is 12.4. The van der Waals surface area contributed by atoms with Crippen molar-refractivity contribution >= 4 is 21.4 Å². The van der Waals surface area contributed by atoms with E-state index in [1.54, 1.807) is 17.4 Å². The monoisotopic (exact) mass is 360 g/mol. The smallest absolute Gasteiger partial charge is 0.159 e. The van der Waals surface area contributed by atoms with E-state index in [4.69, 9.17) is 4.74 Å². The fraction of sp³-hybridized carbons (Fsp3) is 0.333. The number of benzene rings is 2. The van der Waals surface area contributed by atoms with E-state index in [0.29, 0.717) is 18.9 Å². The predicted octanol–water partition coefficient (Wildman–Crippen LogP) is 6.62. The molecule has 0 spiro atoms. The molecule has 0 aliphatic heterocycles. The maximum Gasteiger partial charge on any atom is 0.159 e. The van der Waals surface area contributed by atoms with Crippen molar-refractivity contribution in [1.82, 2.24) is 0 Å². The van der Waals surface area contributed by atoms with Gasteiger partial charge >= 0.3 is 0 Å². The third-order valence-electron chi connectivity index (χ3n) is 4.31. The first-order valence-electron chi connectivity index (χ1n) is 8.58. The summed E-state index contributed by atoms with van der Waals surface area (Å²) < 4.78 is 34.0. The van der Waals surface area contributed by atoms with Gasteiger partial charge in [0.15, 0.2) is 11.6 Å². The van der Waals surface area contributed by atoms with Crippen molar-refractivity contribution in [2.45, 2.75) is 39.2 Å². The molecule has 4 heteroatoms. The minimum atomic E-state index is -0.818. The van der Waals surface area contributed by atoms with Crippen LogP contribution in [0, 0.1) is 11.6 Å². The summed E-state index contributed by atoms with van der Waals surface area (Å²) in [7, 11) is 0. The van der Waals surface area contributed by atoms with Crippen LogP contribution in [-0.2, 0) is 11.2 Å². The molecule has 1 nitrogen and oxygen atoms in total. The molecule has 1 heterocycles. The first kappa shape index (κ1) is 18.0. The fourth-order valence-electron chi connectivity index (χ4n) is 3.23. The van der Waals surface area contributed by atoms with Gasteiger partial charge < -0.3 is 4.74 Å². The Balaban J connectivity index is 2.04. The van der Waals surface area contributed by atoms with Gasteiger partial charge in [0.05, 0.1) is 6.10 Å². The molecule has 0 aliphatic carbocycles. The van der Waals surface area contributed by atoms with Gasteiger partial charge in [0.2, 0.25) is 0 Å². The van der Waals surface area contributed by atoms with Gasteiger partial charge in [-0.15, -0.1) is 11.3 Å². The quantitative estimate of drug-likeness (QED) is 0.480. The molecule has 0 fully saturated rings. The van der Waals surface area contributed by atoms with Crippen LogP contribution >= 0.6 is 11.3 Å². The van der Waals surface area contributed by atoms with E-state index >= 15 is 0 Å². The molecular formula is C21H22F2OS. The lowest BCUT2D eigenvalue weighted by atomic mass is 9.95. The van der Waals surface area contributed by atoms with Gasteiger partial charge in [0.25, 0.3) is 0 Å². The van der Waals surface area contributed by atoms with E-state index in [1.807, 2.05) is 13.0 Å². The number of hydrogen-bond acceptors (Lipinski definition) is 2. The van der Waals surface area contributed by atoms with E-state index in [-0.39, 0.29) is 6.10 Å². The van der Waals surface area contributed by atoms with Crippen molar-refractivity contribution in [3.63, 3.8) is 0 Å². The van der Waals surface area contributed by atoms with Crippen LogP contribution in [0.15, 0.2) is 42.5 Å². The standard InChI is InChI=1S/C21H22F2OS/c1-4-24-18(12-14-9-10-16(22)17(23)11-14)21-20(13(2)3)15-7-5-6-8-19(15)25-21/h5-11,13,18H,4,12H2,1-3H3. The minimum absolute atomic E-state index is 0.162. The average Bonchev–Trinajstić information content (AvgIpc) is 2.97. The Morgan fingerprint density at radius 2 is 1.80 bits per heavy atom. The van der Waals surface area contributed by atoms with E-state index in [1.165, 1.54) is 32.7 Å². The van der Waals surface area contributed by atoms with Crippen molar-refractivity contribution in [3.05, 3.63) is 70.1 Å². The Hall–Kier alpha value is -1.78. The highest BCUT2D eigenvalue weighted by molar-refractivity contribution is 7.19. The van der Waals surface area contributed by atoms with Crippen molar-refractivity contribution in [2.75, 3.05) is 6.61 Å². The summed E-state index contributed by atoms with van der Waals surface area (Å²) in [6.07, 6.45) is 0.363. The number of hydrogen-bond donors (Lipinski definition) is 0. The summed E-state index contributed by atoms with van der Waals surface area (Å²) in [5.41, 5.74) is 2.03. The molecule has 2 aromatic carbocycles. The molecule has 25 heavy (non-hydrogen) atoms. The number of fused-ring (bicyclic) bond motifs is 1. The fourth-order valence-corrected chi connectivity index (χ4v) is 4.64. The summed E-state index contributed by atoms with van der Waals surface area (Å²) in [4.78, 5) is 1.18. The molecule has 132 valence electrons. The molecule has 0 radical (unpaired) electrons.